The molecular formula is C18H20N8O2S. The molecule has 0 unspecified atom stereocenters. The second kappa shape index (κ2) is 9.55. The first kappa shape index (κ1) is 20.1. The molecule has 11 heteroatoms. The van der Waals surface area contributed by atoms with E-state index in [1.165, 1.54) is 4.68 Å². The number of carbonyl (C=O) groups excluding carboxylic acids is 1. The number of carbonyl (C=O) groups is 1. The Kier molecular flexibility index (Phi) is 6.63. The molecule has 0 saturated carbocycles. The maximum absolute atomic E-state index is 12.1. The molecule has 0 fully saturated rings. The number of pyridine rings is 1. The van der Waals surface area contributed by atoms with Gasteiger partial charge in [-0.1, -0.05) is 17.8 Å². The van der Waals surface area contributed by atoms with Gasteiger partial charge < -0.3 is 15.9 Å². The number of nitrogens with one attached hydrogen (secondary N) is 2. The summed E-state index contributed by atoms with van der Waals surface area (Å²) in [5.41, 5.74) is 4.83. The number of amides is 1. The van der Waals surface area contributed by atoms with Crippen molar-refractivity contribution in [1.82, 2.24) is 19.9 Å². The van der Waals surface area contributed by atoms with Gasteiger partial charge in [0.25, 0.3) is 5.95 Å². The van der Waals surface area contributed by atoms with E-state index in [9.17, 15) is 4.79 Å². The molecule has 2 heterocycles. The first-order valence-corrected chi connectivity index (χ1v) is 9.54. The van der Waals surface area contributed by atoms with Crippen molar-refractivity contribution < 1.29 is 9.53 Å². The fraction of sp³-hybridized carbons (Fsp3) is 0.167. The van der Waals surface area contributed by atoms with E-state index in [1.807, 2.05) is 25.1 Å². The number of hydrogen-bond acceptors (Lipinski definition) is 9. The van der Waals surface area contributed by atoms with Crippen molar-refractivity contribution in [2.45, 2.75) is 12.1 Å². The van der Waals surface area contributed by atoms with Gasteiger partial charge in [-0.05, 0) is 43.3 Å². The molecule has 0 aliphatic rings. The highest BCUT2D eigenvalue weighted by molar-refractivity contribution is 7.99. The Hall–Kier alpha value is -3.60. The number of nitrogen functional groups attached to an aromatic ring is 1. The topological polar surface area (TPSA) is 132 Å². The fourth-order valence-electron chi connectivity index (χ4n) is 2.22. The number of benzene rings is 1. The highest BCUT2D eigenvalue weighted by Gasteiger charge is 2.12. The highest BCUT2D eigenvalue weighted by Crippen LogP contribution is 2.18. The normalized spacial score (nSPS) is 11.2. The number of rotatable bonds is 8. The maximum atomic E-state index is 12.1. The summed E-state index contributed by atoms with van der Waals surface area (Å²) in [5, 5.41) is 15.3. The minimum Gasteiger partial charge on any atom is -0.497 e. The smallest absolute Gasteiger partial charge is 0.264 e. The van der Waals surface area contributed by atoms with Crippen LogP contribution in [0.5, 0.6) is 5.75 Å². The summed E-state index contributed by atoms with van der Waals surface area (Å²) in [5.74, 6) is 6.87. The van der Waals surface area contributed by atoms with Crippen molar-refractivity contribution >= 4 is 35.0 Å². The Morgan fingerprint density at radius 2 is 2.03 bits per heavy atom. The van der Waals surface area contributed by atoms with Gasteiger partial charge in [-0.3, -0.25) is 9.78 Å². The van der Waals surface area contributed by atoms with E-state index in [2.05, 4.69) is 31.0 Å². The molecule has 0 bridgehead atoms. The predicted octanol–water partition coefficient (Wildman–Crippen LogP) is 1.96. The number of nitrogens with zero attached hydrogens (tertiary/aromatic N) is 5. The van der Waals surface area contributed by atoms with Crippen molar-refractivity contribution in [3.63, 3.8) is 0 Å². The molecule has 0 aliphatic carbocycles. The highest BCUT2D eigenvalue weighted by atomic mass is 32.2. The molecule has 10 nitrogen and oxygen atoms in total. The van der Waals surface area contributed by atoms with Gasteiger partial charge in [-0.25, -0.2) is 10.1 Å². The summed E-state index contributed by atoms with van der Waals surface area (Å²) in [6, 6.07) is 12.6. The average Bonchev–Trinajstić information content (AvgIpc) is 3.11. The molecule has 4 N–H and O–H groups in total. The number of ether oxygens (including phenoxy) is 1. The van der Waals surface area contributed by atoms with Gasteiger partial charge in [0.1, 0.15) is 5.75 Å². The molecule has 3 rings (SSSR count). The van der Waals surface area contributed by atoms with Crippen LogP contribution in [0.4, 0.5) is 11.6 Å². The van der Waals surface area contributed by atoms with Crippen LogP contribution in [0.15, 0.2) is 58.9 Å². The Balaban J connectivity index is 1.54. The fourth-order valence-corrected chi connectivity index (χ4v) is 2.88. The van der Waals surface area contributed by atoms with E-state index in [0.717, 1.165) is 23.2 Å². The lowest BCUT2D eigenvalue weighted by Crippen LogP contribution is -2.17. The van der Waals surface area contributed by atoms with E-state index < -0.39 is 0 Å². The van der Waals surface area contributed by atoms with Crippen LogP contribution in [0.3, 0.4) is 0 Å². The van der Waals surface area contributed by atoms with Crippen LogP contribution in [0, 0.1) is 0 Å². The Bertz CT molecular complexity index is 989. The van der Waals surface area contributed by atoms with Gasteiger partial charge in [0.15, 0.2) is 0 Å². The summed E-state index contributed by atoms with van der Waals surface area (Å²) in [7, 11) is 1.58. The molecule has 0 spiro atoms. The lowest BCUT2D eigenvalue weighted by molar-refractivity contribution is -0.113. The number of aromatic nitrogens is 4. The lowest BCUT2D eigenvalue weighted by Gasteiger charge is -2.06. The molecule has 0 aliphatic heterocycles. The molecule has 2 aromatic heterocycles. The van der Waals surface area contributed by atoms with Gasteiger partial charge in [0, 0.05) is 11.9 Å². The largest absolute Gasteiger partial charge is 0.497 e. The Labute approximate surface area is 171 Å². The Morgan fingerprint density at radius 3 is 2.72 bits per heavy atom. The third kappa shape index (κ3) is 5.45. The number of thioether (sulfide) groups is 1. The minimum absolute atomic E-state index is 0.123. The summed E-state index contributed by atoms with van der Waals surface area (Å²) in [6.07, 6.45) is 1.69. The monoisotopic (exact) mass is 412 g/mol. The van der Waals surface area contributed by atoms with E-state index >= 15 is 0 Å². The molecule has 0 atom stereocenters. The molecule has 0 saturated heterocycles. The minimum atomic E-state index is -0.193. The van der Waals surface area contributed by atoms with Crippen molar-refractivity contribution in [3.05, 3.63) is 54.4 Å². The van der Waals surface area contributed by atoms with Gasteiger partial charge in [-0.15, -0.1) is 10.2 Å². The first-order valence-electron chi connectivity index (χ1n) is 8.55. The number of nitrogens with two attached hydrogens (primary N) is 1. The quantitative estimate of drug-likeness (QED) is 0.221. The van der Waals surface area contributed by atoms with Gasteiger partial charge in [0.2, 0.25) is 11.1 Å². The van der Waals surface area contributed by atoms with Crippen LogP contribution in [-0.4, -0.2) is 44.3 Å². The van der Waals surface area contributed by atoms with Crippen molar-refractivity contribution in [2.75, 3.05) is 29.4 Å². The maximum Gasteiger partial charge on any atom is 0.264 e. The molecular weight excluding hydrogens is 392 g/mol. The average molecular weight is 412 g/mol. The SMILES string of the molecule is COc1ccc(NC(=O)CSc2nnc(N/N=C(\C)c3ccccn3)n2N)cc1. The zero-order valence-corrected chi connectivity index (χ0v) is 16.7. The molecule has 1 aromatic carbocycles. The van der Waals surface area contributed by atoms with E-state index in [0.29, 0.717) is 16.6 Å². The van der Waals surface area contributed by atoms with E-state index in [-0.39, 0.29) is 17.6 Å². The number of methoxy groups -OCH3 is 1. The van der Waals surface area contributed by atoms with Crippen molar-refractivity contribution in [2.24, 2.45) is 5.10 Å². The van der Waals surface area contributed by atoms with Crippen LogP contribution in [-0.2, 0) is 4.79 Å². The summed E-state index contributed by atoms with van der Waals surface area (Å²) >= 11 is 1.16. The summed E-state index contributed by atoms with van der Waals surface area (Å²) in [4.78, 5) is 16.3. The number of hydrazone groups is 1. The van der Waals surface area contributed by atoms with Gasteiger partial charge in [0.05, 0.1) is 24.3 Å². The van der Waals surface area contributed by atoms with Gasteiger partial charge >= 0.3 is 0 Å². The zero-order valence-electron chi connectivity index (χ0n) is 15.9. The van der Waals surface area contributed by atoms with Crippen LogP contribution in [0.2, 0.25) is 0 Å². The predicted molar refractivity (Wildman–Crippen MR) is 113 cm³/mol. The van der Waals surface area contributed by atoms with Gasteiger partial charge in [-0.2, -0.15) is 5.10 Å². The number of anilines is 2. The standard InChI is InChI=1S/C18H20N8O2S/c1-12(15-5-3-4-10-20-15)22-23-17-24-25-18(26(17)19)29-11-16(27)21-13-6-8-14(28-2)9-7-13/h3-10H,11,19H2,1-2H3,(H,21,27)(H,23,24)/b22-12+. The molecule has 3 aromatic rings. The van der Waals surface area contributed by atoms with Crippen LogP contribution in [0.25, 0.3) is 0 Å². The Morgan fingerprint density at radius 1 is 1.24 bits per heavy atom. The van der Waals surface area contributed by atoms with E-state index in [1.54, 1.807) is 37.6 Å². The lowest BCUT2D eigenvalue weighted by atomic mass is 10.3. The molecule has 1 amide bonds. The summed E-state index contributed by atoms with van der Waals surface area (Å²) in [6.45, 7) is 1.81. The summed E-state index contributed by atoms with van der Waals surface area (Å²) < 4.78 is 6.32. The second-order valence-electron chi connectivity index (χ2n) is 5.77. The molecule has 0 radical (unpaired) electrons. The van der Waals surface area contributed by atoms with E-state index in [4.69, 9.17) is 10.6 Å². The van der Waals surface area contributed by atoms with Crippen LogP contribution in [0.1, 0.15) is 12.6 Å². The zero-order chi connectivity index (χ0) is 20.6. The third-order valence-corrected chi connectivity index (χ3v) is 4.67. The van der Waals surface area contributed by atoms with Crippen molar-refractivity contribution in [3.8, 4) is 5.75 Å². The second-order valence-corrected chi connectivity index (χ2v) is 6.71. The van der Waals surface area contributed by atoms with Crippen LogP contribution >= 0.6 is 11.8 Å². The molecule has 29 heavy (non-hydrogen) atoms. The third-order valence-electron chi connectivity index (χ3n) is 3.73. The van der Waals surface area contributed by atoms with Crippen molar-refractivity contribution in [1.29, 1.82) is 0 Å². The molecule has 150 valence electrons. The first-order chi connectivity index (χ1) is 14.1. The number of hydrogen-bond donors (Lipinski definition) is 3. The van der Waals surface area contributed by atoms with Crippen LogP contribution < -0.4 is 21.3 Å².